The van der Waals surface area contributed by atoms with Gasteiger partial charge in [0.15, 0.2) is 0 Å². The Hall–Kier alpha value is -0.930. The highest BCUT2D eigenvalue weighted by Gasteiger charge is 2.08. The maximum atomic E-state index is 9.02. The van der Waals surface area contributed by atoms with Gasteiger partial charge in [-0.1, -0.05) is 0 Å². The molecule has 0 saturated heterocycles. The molecule has 0 bridgehead atoms. The van der Waals surface area contributed by atoms with Gasteiger partial charge in [-0.2, -0.15) is 0 Å². The lowest BCUT2D eigenvalue weighted by Gasteiger charge is -2.15. The summed E-state index contributed by atoms with van der Waals surface area (Å²) in [7, 11) is 1.83. The number of aryl methyl sites for hydroxylation is 1. The Morgan fingerprint density at radius 3 is 2.92 bits per heavy atom. The fourth-order valence-electron chi connectivity index (χ4n) is 1.22. The van der Waals surface area contributed by atoms with Gasteiger partial charge < -0.3 is 10.4 Å². The molecule has 1 heterocycles. The van der Waals surface area contributed by atoms with E-state index in [-0.39, 0.29) is 12.6 Å². The van der Waals surface area contributed by atoms with Gasteiger partial charge >= 0.3 is 0 Å². The first-order valence-electron chi connectivity index (χ1n) is 3.98. The molecular formula is C9H14N2O. The second-order valence-electron chi connectivity index (χ2n) is 2.76. The lowest BCUT2D eigenvalue weighted by molar-refractivity contribution is 0.250. The third kappa shape index (κ3) is 1.81. The van der Waals surface area contributed by atoms with Gasteiger partial charge in [0.2, 0.25) is 0 Å². The van der Waals surface area contributed by atoms with Crippen molar-refractivity contribution in [2.45, 2.75) is 13.0 Å². The SMILES string of the molecule is CNC(CO)c1ccncc1C. The van der Waals surface area contributed by atoms with E-state index in [9.17, 15) is 0 Å². The minimum absolute atomic E-state index is 0.0213. The maximum Gasteiger partial charge on any atom is 0.0626 e. The third-order valence-corrected chi connectivity index (χ3v) is 1.97. The Bertz CT molecular complexity index is 246. The molecule has 1 rings (SSSR count). The number of aromatic nitrogens is 1. The summed E-state index contributed by atoms with van der Waals surface area (Å²) in [5.74, 6) is 0. The molecule has 1 aromatic rings. The molecule has 2 N–H and O–H groups in total. The fraction of sp³-hybridized carbons (Fsp3) is 0.444. The second-order valence-corrected chi connectivity index (χ2v) is 2.76. The van der Waals surface area contributed by atoms with Crippen molar-refractivity contribution in [3.05, 3.63) is 29.6 Å². The van der Waals surface area contributed by atoms with Crippen LogP contribution >= 0.6 is 0 Å². The summed E-state index contributed by atoms with van der Waals surface area (Å²) in [4.78, 5) is 3.99. The van der Waals surface area contributed by atoms with E-state index in [0.717, 1.165) is 11.1 Å². The van der Waals surface area contributed by atoms with Crippen LogP contribution in [0.4, 0.5) is 0 Å². The second kappa shape index (κ2) is 4.18. The van der Waals surface area contributed by atoms with Crippen LogP contribution in [0.5, 0.6) is 0 Å². The summed E-state index contributed by atoms with van der Waals surface area (Å²) in [6, 6.07) is 1.94. The van der Waals surface area contributed by atoms with Gasteiger partial charge in [0.1, 0.15) is 0 Å². The molecule has 0 spiro atoms. The summed E-state index contributed by atoms with van der Waals surface area (Å²) in [5.41, 5.74) is 2.21. The average molecular weight is 166 g/mol. The molecule has 0 fully saturated rings. The van der Waals surface area contributed by atoms with Crippen molar-refractivity contribution < 1.29 is 5.11 Å². The zero-order valence-corrected chi connectivity index (χ0v) is 7.41. The molecule has 0 aliphatic rings. The first-order valence-corrected chi connectivity index (χ1v) is 3.98. The summed E-state index contributed by atoms with van der Waals surface area (Å²) in [5, 5.41) is 12.1. The number of pyridine rings is 1. The molecule has 66 valence electrons. The van der Waals surface area contributed by atoms with E-state index in [1.807, 2.05) is 20.0 Å². The molecule has 1 atom stereocenters. The van der Waals surface area contributed by atoms with Crippen LogP contribution < -0.4 is 5.32 Å². The van der Waals surface area contributed by atoms with Crippen molar-refractivity contribution in [3.63, 3.8) is 0 Å². The number of aliphatic hydroxyl groups is 1. The zero-order valence-electron chi connectivity index (χ0n) is 7.41. The van der Waals surface area contributed by atoms with Crippen molar-refractivity contribution in [2.24, 2.45) is 0 Å². The van der Waals surface area contributed by atoms with E-state index >= 15 is 0 Å². The van der Waals surface area contributed by atoms with Gasteiger partial charge in [0, 0.05) is 12.4 Å². The van der Waals surface area contributed by atoms with Crippen LogP contribution in [0, 0.1) is 6.92 Å². The standard InChI is InChI=1S/C9H14N2O/c1-7-5-11-4-3-8(7)9(6-12)10-2/h3-5,9-10,12H,6H2,1-2H3. The Balaban J connectivity index is 2.92. The summed E-state index contributed by atoms with van der Waals surface area (Å²) in [6.45, 7) is 2.10. The first-order chi connectivity index (χ1) is 5.79. The van der Waals surface area contributed by atoms with Crippen LogP contribution in [0.15, 0.2) is 18.5 Å². The van der Waals surface area contributed by atoms with Crippen LogP contribution in [0.3, 0.4) is 0 Å². The lowest BCUT2D eigenvalue weighted by Crippen LogP contribution is -2.20. The predicted molar refractivity (Wildman–Crippen MR) is 47.9 cm³/mol. The number of rotatable bonds is 3. The molecule has 0 aromatic carbocycles. The van der Waals surface area contributed by atoms with Crippen molar-refractivity contribution in [1.82, 2.24) is 10.3 Å². The smallest absolute Gasteiger partial charge is 0.0626 e. The van der Waals surface area contributed by atoms with Gasteiger partial charge in [0.05, 0.1) is 12.6 Å². The Labute approximate surface area is 72.5 Å². The van der Waals surface area contributed by atoms with Crippen LogP contribution in [0.25, 0.3) is 0 Å². The molecular weight excluding hydrogens is 152 g/mol. The van der Waals surface area contributed by atoms with Crippen molar-refractivity contribution in [3.8, 4) is 0 Å². The Morgan fingerprint density at radius 2 is 2.42 bits per heavy atom. The zero-order chi connectivity index (χ0) is 8.97. The predicted octanol–water partition coefficient (Wildman–Crippen LogP) is 0.643. The van der Waals surface area contributed by atoms with Gasteiger partial charge in [0.25, 0.3) is 0 Å². The molecule has 0 amide bonds. The fourth-order valence-corrected chi connectivity index (χ4v) is 1.22. The molecule has 3 heteroatoms. The number of nitrogens with one attached hydrogen (secondary N) is 1. The van der Waals surface area contributed by atoms with Crippen molar-refractivity contribution in [2.75, 3.05) is 13.7 Å². The van der Waals surface area contributed by atoms with E-state index in [0.29, 0.717) is 0 Å². The Kier molecular flexibility index (Phi) is 3.19. The third-order valence-electron chi connectivity index (χ3n) is 1.97. The molecule has 12 heavy (non-hydrogen) atoms. The molecule has 0 aliphatic heterocycles. The summed E-state index contributed by atoms with van der Waals surface area (Å²) in [6.07, 6.45) is 3.54. The van der Waals surface area contributed by atoms with Gasteiger partial charge in [-0.3, -0.25) is 4.98 Å². The van der Waals surface area contributed by atoms with Crippen LogP contribution in [0.2, 0.25) is 0 Å². The lowest BCUT2D eigenvalue weighted by atomic mass is 10.0. The van der Waals surface area contributed by atoms with Gasteiger partial charge in [-0.05, 0) is 31.2 Å². The highest BCUT2D eigenvalue weighted by Crippen LogP contribution is 2.14. The highest BCUT2D eigenvalue weighted by molar-refractivity contribution is 5.25. The molecule has 1 aromatic heterocycles. The molecule has 0 aliphatic carbocycles. The number of hydrogen-bond acceptors (Lipinski definition) is 3. The summed E-state index contributed by atoms with van der Waals surface area (Å²) < 4.78 is 0. The number of aliphatic hydroxyl groups excluding tert-OH is 1. The number of likely N-dealkylation sites (N-methyl/N-ethyl adjacent to an activating group) is 1. The van der Waals surface area contributed by atoms with E-state index in [4.69, 9.17) is 5.11 Å². The van der Waals surface area contributed by atoms with Gasteiger partial charge in [-0.25, -0.2) is 0 Å². The van der Waals surface area contributed by atoms with Crippen LogP contribution in [0.1, 0.15) is 17.2 Å². The monoisotopic (exact) mass is 166 g/mol. The average Bonchev–Trinajstić information content (AvgIpc) is 2.10. The maximum absolute atomic E-state index is 9.02. The number of hydrogen-bond donors (Lipinski definition) is 2. The molecule has 3 nitrogen and oxygen atoms in total. The molecule has 1 unspecified atom stereocenters. The van der Waals surface area contributed by atoms with E-state index < -0.39 is 0 Å². The largest absolute Gasteiger partial charge is 0.394 e. The van der Waals surface area contributed by atoms with E-state index in [1.165, 1.54) is 0 Å². The van der Waals surface area contributed by atoms with Crippen molar-refractivity contribution in [1.29, 1.82) is 0 Å². The van der Waals surface area contributed by atoms with Crippen LogP contribution in [-0.2, 0) is 0 Å². The van der Waals surface area contributed by atoms with E-state index in [2.05, 4.69) is 10.3 Å². The van der Waals surface area contributed by atoms with Crippen molar-refractivity contribution >= 4 is 0 Å². The quantitative estimate of drug-likeness (QED) is 0.692. The number of nitrogens with zero attached hydrogens (tertiary/aromatic N) is 1. The highest BCUT2D eigenvalue weighted by atomic mass is 16.3. The first kappa shape index (κ1) is 9.16. The Morgan fingerprint density at radius 1 is 1.67 bits per heavy atom. The van der Waals surface area contributed by atoms with E-state index in [1.54, 1.807) is 12.4 Å². The summed E-state index contributed by atoms with van der Waals surface area (Å²) >= 11 is 0. The molecule has 0 saturated carbocycles. The topological polar surface area (TPSA) is 45.1 Å². The molecule has 0 radical (unpaired) electrons. The minimum atomic E-state index is 0.0213. The minimum Gasteiger partial charge on any atom is -0.394 e. The normalized spacial score (nSPS) is 12.9. The van der Waals surface area contributed by atoms with Gasteiger partial charge in [-0.15, -0.1) is 0 Å². The van der Waals surface area contributed by atoms with Crippen LogP contribution in [-0.4, -0.2) is 23.7 Å².